The smallest absolute Gasteiger partial charge is 0.193 e. The van der Waals surface area contributed by atoms with Crippen molar-refractivity contribution in [3.8, 4) is 0 Å². The maximum absolute atomic E-state index is 13.0. The predicted octanol–water partition coefficient (Wildman–Crippen LogP) is 2.04. The molecule has 0 amide bonds. The van der Waals surface area contributed by atoms with Gasteiger partial charge in [0.15, 0.2) is 5.78 Å². The highest BCUT2D eigenvalue weighted by molar-refractivity contribution is 6.30. The van der Waals surface area contributed by atoms with Crippen LogP contribution in [0.25, 0.3) is 0 Å². The third kappa shape index (κ3) is 2.26. The lowest BCUT2D eigenvalue weighted by atomic mass is 10.1. The molecule has 0 saturated carbocycles. The second-order valence-corrected chi connectivity index (χ2v) is 3.10. The summed E-state index contributed by atoms with van der Waals surface area (Å²) >= 11 is 5.49. The van der Waals surface area contributed by atoms with Crippen molar-refractivity contribution in [1.82, 2.24) is 0 Å². The van der Waals surface area contributed by atoms with E-state index in [1.54, 1.807) is 0 Å². The first-order valence-corrected chi connectivity index (χ1v) is 4.07. The summed E-state index contributed by atoms with van der Waals surface area (Å²) in [4.78, 5) is 11.1. The van der Waals surface area contributed by atoms with Crippen LogP contribution in [0.1, 0.15) is 17.3 Å². The van der Waals surface area contributed by atoms with Crippen molar-refractivity contribution in [3.05, 3.63) is 34.6 Å². The largest absolute Gasteiger partial charge is 0.385 e. The van der Waals surface area contributed by atoms with Gasteiger partial charge in [-0.1, -0.05) is 11.6 Å². The van der Waals surface area contributed by atoms with E-state index < -0.39 is 17.7 Å². The summed E-state index contributed by atoms with van der Waals surface area (Å²) in [6.45, 7) is 1.29. The van der Waals surface area contributed by atoms with E-state index in [1.807, 2.05) is 0 Å². The molecular formula is C9H8ClFO2. The number of aliphatic hydroxyl groups excluding tert-OH is 1. The van der Waals surface area contributed by atoms with Crippen LogP contribution in [0.15, 0.2) is 18.2 Å². The van der Waals surface area contributed by atoms with Gasteiger partial charge in [0.1, 0.15) is 11.9 Å². The molecule has 1 atom stereocenters. The Morgan fingerprint density at radius 2 is 2.23 bits per heavy atom. The SMILES string of the molecule is CC(O)C(=O)c1ccc(Cl)cc1F. The number of aliphatic hydroxyl groups is 1. The Morgan fingerprint density at radius 1 is 1.62 bits per heavy atom. The van der Waals surface area contributed by atoms with E-state index >= 15 is 0 Å². The Balaban J connectivity index is 3.09. The van der Waals surface area contributed by atoms with Gasteiger partial charge < -0.3 is 5.11 Å². The van der Waals surface area contributed by atoms with Gasteiger partial charge in [-0.2, -0.15) is 0 Å². The zero-order valence-electron chi connectivity index (χ0n) is 6.92. The number of rotatable bonds is 2. The maximum Gasteiger partial charge on any atom is 0.193 e. The van der Waals surface area contributed by atoms with Crippen LogP contribution in [-0.2, 0) is 0 Å². The standard InChI is InChI=1S/C9H8ClFO2/c1-5(12)9(13)7-3-2-6(10)4-8(7)11/h2-5,12H,1H3. The van der Waals surface area contributed by atoms with E-state index in [2.05, 4.69) is 0 Å². The fourth-order valence-corrected chi connectivity index (χ4v) is 1.07. The van der Waals surface area contributed by atoms with E-state index in [4.69, 9.17) is 16.7 Å². The maximum atomic E-state index is 13.0. The fraction of sp³-hybridized carbons (Fsp3) is 0.222. The molecule has 1 rings (SSSR count). The second kappa shape index (κ2) is 3.85. The average molecular weight is 203 g/mol. The first kappa shape index (κ1) is 10.2. The molecule has 1 unspecified atom stereocenters. The molecule has 1 N–H and O–H groups in total. The predicted molar refractivity (Wildman–Crippen MR) is 47.4 cm³/mol. The van der Waals surface area contributed by atoms with Crippen LogP contribution in [0, 0.1) is 5.82 Å². The van der Waals surface area contributed by atoms with Crippen LogP contribution in [0.4, 0.5) is 4.39 Å². The molecule has 0 heterocycles. The number of carbonyl (C=O) groups is 1. The Hall–Kier alpha value is -0.930. The number of Topliss-reactive ketones (excluding diaryl/α,β-unsaturated/α-hetero) is 1. The number of benzene rings is 1. The molecule has 4 heteroatoms. The summed E-state index contributed by atoms with van der Waals surface area (Å²) in [5.41, 5.74) is -0.139. The van der Waals surface area contributed by atoms with Gasteiger partial charge in [0.05, 0.1) is 5.56 Å². The molecule has 13 heavy (non-hydrogen) atoms. The lowest BCUT2D eigenvalue weighted by molar-refractivity contribution is 0.0775. The third-order valence-corrected chi connectivity index (χ3v) is 1.81. The highest BCUT2D eigenvalue weighted by Gasteiger charge is 2.16. The molecule has 0 aliphatic heterocycles. The normalized spacial score (nSPS) is 12.6. The number of hydrogen-bond acceptors (Lipinski definition) is 2. The Bertz CT molecular complexity index is 336. The van der Waals surface area contributed by atoms with Gasteiger partial charge in [-0.15, -0.1) is 0 Å². The van der Waals surface area contributed by atoms with Crippen LogP contribution in [0.2, 0.25) is 5.02 Å². The molecule has 70 valence electrons. The van der Waals surface area contributed by atoms with Crippen LogP contribution >= 0.6 is 11.6 Å². The van der Waals surface area contributed by atoms with Crippen LogP contribution in [0.5, 0.6) is 0 Å². The van der Waals surface area contributed by atoms with Crippen molar-refractivity contribution in [3.63, 3.8) is 0 Å². The van der Waals surface area contributed by atoms with Gasteiger partial charge in [0, 0.05) is 5.02 Å². The first-order valence-electron chi connectivity index (χ1n) is 3.69. The molecule has 0 aliphatic rings. The molecular weight excluding hydrogens is 195 g/mol. The summed E-state index contributed by atoms with van der Waals surface area (Å²) in [5, 5.41) is 9.14. The molecule has 0 radical (unpaired) electrons. The molecule has 0 saturated heterocycles. The molecule has 2 nitrogen and oxygen atoms in total. The summed E-state index contributed by atoms with van der Waals surface area (Å²) in [7, 11) is 0. The monoisotopic (exact) mass is 202 g/mol. The molecule has 0 fully saturated rings. The molecule has 1 aromatic rings. The van der Waals surface area contributed by atoms with Crippen LogP contribution in [-0.4, -0.2) is 17.0 Å². The summed E-state index contributed by atoms with van der Waals surface area (Å²) in [6, 6.07) is 3.70. The highest BCUT2D eigenvalue weighted by Crippen LogP contribution is 2.15. The fourth-order valence-electron chi connectivity index (χ4n) is 0.914. The van der Waals surface area contributed by atoms with Crippen molar-refractivity contribution in [1.29, 1.82) is 0 Å². The highest BCUT2D eigenvalue weighted by atomic mass is 35.5. The van der Waals surface area contributed by atoms with E-state index in [0.717, 1.165) is 6.07 Å². The number of halogens is 2. The molecule has 0 spiro atoms. The van der Waals surface area contributed by atoms with Crippen molar-refractivity contribution >= 4 is 17.4 Å². The van der Waals surface area contributed by atoms with Gasteiger partial charge in [-0.05, 0) is 25.1 Å². The van der Waals surface area contributed by atoms with Gasteiger partial charge in [-0.25, -0.2) is 4.39 Å². The van der Waals surface area contributed by atoms with Crippen molar-refractivity contribution in [2.24, 2.45) is 0 Å². The lowest BCUT2D eigenvalue weighted by Gasteiger charge is -2.04. The molecule has 1 aromatic carbocycles. The Kier molecular flexibility index (Phi) is 3.01. The minimum absolute atomic E-state index is 0.139. The topological polar surface area (TPSA) is 37.3 Å². The van der Waals surface area contributed by atoms with Gasteiger partial charge in [0.2, 0.25) is 0 Å². The number of hydrogen-bond donors (Lipinski definition) is 1. The summed E-state index contributed by atoms with van der Waals surface area (Å²) in [5.74, 6) is -1.35. The molecule has 0 bridgehead atoms. The lowest BCUT2D eigenvalue weighted by Crippen LogP contribution is -2.17. The minimum Gasteiger partial charge on any atom is -0.385 e. The minimum atomic E-state index is -1.20. The van der Waals surface area contributed by atoms with Crippen molar-refractivity contribution in [2.45, 2.75) is 13.0 Å². The zero-order valence-corrected chi connectivity index (χ0v) is 7.68. The zero-order chi connectivity index (χ0) is 10.0. The van der Waals surface area contributed by atoms with Gasteiger partial charge in [0.25, 0.3) is 0 Å². The second-order valence-electron chi connectivity index (χ2n) is 2.66. The van der Waals surface area contributed by atoms with E-state index in [9.17, 15) is 9.18 Å². The third-order valence-electron chi connectivity index (χ3n) is 1.58. The van der Waals surface area contributed by atoms with Gasteiger partial charge >= 0.3 is 0 Å². The van der Waals surface area contributed by atoms with Crippen molar-refractivity contribution < 1.29 is 14.3 Å². The van der Waals surface area contributed by atoms with Crippen LogP contribution < -0.4 is 0 Å². The Morgan fingerprint density at radius 3 is 2.69 bits per heavy atom. The molecule has 0 aliphatic carbocycles. The quantitative estimate of drug-likeness (QED) is 0.746. The summed E-state index contributed by atoms with van der Waals surface area (Å²) in [6.07, 6.45) is -1.20. The Labute approximate surface area is 80.0 Å². The van der Waals surface area contributed by atoms with E-state index in [-0.39, 0.29) is 10.6 Å². The van der Waals surface area contributed by atoms with Gasteiger partial charge in [-0.3, -0.25) is 4.79 Å². The number of ketones is 1. The first-order chi connectivity index (χ1) is 6.02. The van der Waals surface area contributed by atoms with E-state index in [0.29, 0.717) is 0 Å². The molecule has 0 aromatic heterocycles. The average Bonchev–Trinajstić information content (AvgIpc) is 2.03. The van der Waals surface area contributed by atoms with E-state index in [1.165, 1.54) is 19.1 Å². The van der Waals surface area contributed by atoms with Crippen LogP contribution in [0.3, 0.4) is 0 Å². The van der Waals surface area contributed by atoms with Crippen molar-refractivity contribution in [2.75, 3.05) is 0 Å². The summed E-state index contributed by atoms with van der Waals surface area (Å²) < 4.78 is 13.0. The number of carbonyl (C=O) groups excluding carboxylic acids is 1.